The van der Waals surface area contributed by atoms with Gasteiger partial charge in [0.15, 0.2) is 0 Å². The maximum atomic E-state index is 11.4. The Morgan fingerprint density at radius 3 is 2.40 bits per heavy atom. The van der Waals surface area contributed by atoms with Crippen molar-refractivity contribution >= 4 is 5.97 Å². The first-order chi connectivity index (χ1) is 7.06. The third-order valence-electron chi connectivity index (χ3n) is 1.73. The third-order valence-corrected chi connectivity index (χ3v) is 1.73. The summed E-state index contributed by atoms with van der Waals surface area (Å²) in [6.07, 6.45) is 1.66. The number of carbonyl (C=O) groups is 1. The zero-order valence-corrected chi connectivity index (χ0v) is 9.83. The molecule has 1 rings (SSSR count). The molecule has 0 unspecified atom stereocenters. The highest BCUT2D eigenvalue weighted by Crippen LogP contribution is 1.99. The molecule has 4 heteroatoms. The smallest absolute Gasteiger partial charge is 0.343 e. The van der Waals surface area contributed by atoms with Crippen molar-refractivity contribution in [2.45, 2.75) is 20.8 Å². The van der Waals surface area contributed by atoms with E-state index in [9.17, 15) is 9.59 Å². The molecule has 0 aliphatic heterocycles. The average molecular weight is 211 g/mol. The van der Waals surface area contributed by atoms with Crippen molar-refractivity contribution in [1.82, 2.24) is 4.57 Å². The van der Waals surface area contributed by atoms with Gasteiger partial charge >= 0.3 is 5.97 Å². The summed E-state index contributed by atoms with van der Waals surface area (Å²) in [6, 6.07) is 1.52. The van der Waals surface area contributed by atoms with E-state index >= 15 is 0 Å². The summed E-state index contributed by atoms with van der Waals surface area (Å²) in [6.45, 7) is 5.81. The molecule has 0 aromatic carbocycles. The second-order valence-corrected chi connectivity index (χ2v) is 2.84. The number of esters is 1. The van der Waals surface area contributed by atoms with Crippen molar-refractivity contribution in [3.05, 3.63) is 33.7 Å². The summed E-state index contributed by atoms with van der Waals surface area (Å²) in [7, 11) is 2.85. The Labute approximate surface area is 89.5 Å². The van der Waals surface area contributed by atoms with Crippen molar-refractivity contribution in [3.63, 3.8) is 0 Å². The normalized spacial score (nSPS) is 8.87. The summed E-state index contributed by atoms with van der Waals surface area (Å²) in [4.78, 5) is 22.5. The molecule has 0 saturated carbocycles. The van der Waals surface area contributed by atoms with E-state index in [1.54, 1.807) is 13.2 Å². The molecule has 0 aliphatic rings. The molecule has 0 bridgehead atoms. The molecule has 15 heavy (non-hydrogen) atoms. The van der Waals surface area contributed by atoms with Gasteiger partial charge in [0.2, 0.25) is 0 Å². The quantitative estimate of drug-likeness (QED) is 0.661. The fourth-order valence-electron chi connectivity index (χ4n) is 1.14. The van der Waals surface area contributed by atoms with Gasteiger partial charge in [-0.05, 0) is 18.6 Å². The van der Waals surface area contributed by atoms with Crippen LogP contribution in [0.2, 0.25) is 0 Å². The van der Waals surface area contributed by atoms with E-state index in [4.69, 9.17) is 0 Å². The Balaban J connectivity index is 0.000000921. The molecule has 84 valence electrons. The van der Waals surface area contributed by atoms with Gasteiger partial charge in [-0.3, -0.25) is 4.79 Å². The van der Waals surface area contributed by atoms with Gasteiger partial charge in [0, 0.05) is 13.2 Å². The number of hydrogen-bond acceptors (Lipinski definition) is 3. The fraction of sp³-hybridized carbons (Fsp3) is 0.455. The van der Waals surface area contributed by atoms with Crippen molar-refractivity contribution in [2.75, 3.05) is 7.11 Å². The van der Waals surface area contributed by atoms with E-state index in [1.165, 1.54) is 17.7 Å². The number of ether oxygens (including phenoxy) is 1. The molecule has 4 nitrogen and oxygen atoms in total. The second kappa shape index (κ2) is 6.01. The lowest BCUT2D eigenvalue weighted by molar-refractivity contribution is 0.0598. The van der Waals surface area contributed by atoms with Gasteiger partial charge in [0.1, 0.15) is 5.56 Å². The molecular formula is C11H17NO3. The highest BCUT2D eigenvalue weighted by atomic mass is 16.5. The molecule has 0 aliphatic carbocycles. The summed E-state index contributed by atoms with van der Waals surface area (Å²) in [5.41, 5.74) is 0.588. The highest BCUT2D eigenvalue weighted by Gasteiger charge is 2.11. The molecule has 0 fully saturated rings. The van der Waals surface area contributed by atoms with Gasteiger partial charge in [-0.25, -0.2) is 4.79 Å². The molecule has 0 spiro atoms. The Hall–Kier alpha value is -1.58. The van der Waals surface area contributed by atoms with Crippen molar-refractivity contribution < 1.29 is 9.53 Å². The fourth-order valence-corrected chi connectivity index (χ4v) is 1.14. The van der Waals surface area contributed by atoms with Crippen LogP contribution in [-0.4, -0.2) is 17.6 Å². The molecule has 1 aromatic heterocycles. The number of nitrogens with zero attached hydrogens (tertiary/aromatic N) is 1. The summed E-state index contributed by atoms with van der Waals surface area (Å²) in [5, 5.41) is 0. The largest absolute Gasteiger partial charge is 0.465 e. The van der Waals surface area contributed by atoms with Gasteiger partial charge in [-0.15, -0.1) is 0 Å². The van der Waals surface area contributed by atoms with Crippen molar-refractivity contribution in [2.24, 2.45) is 7.05 Å². The van der Waals surface area contributed by atoms with Crippen molar-refractivity contribution in [3.8, 4) is 0 Å². The van der Waals surface area contributed by atoms with Crippen LogP contribution in [0.25, 0.3) is 0 Å². The number of pyridine rings is 1. The Bertz CT molecular complexity index is 393. The van der Waals surface area contributed by atoms with Crippen LogP contribution in [0.4, 0.5) is 0 Å². The molecule has 1 aromatic rings. The van der Waals surface area contributed by atoms with Crippen LogP contribution in [0.3, 0.4) is 0 Å². The van der Waals surface area contributed by atoms with Gasteiger partial charge in [-0.1, -0.05) is 13.8 Å². The first-order valence-electron chi connectivity index (χ1n) is 4.82. The maximum Gasteiger partial charge on any atom is 0.343 e. The molecule has 0 atom stereocenters. The van der Waals surface area contributed by atoms with E-state index in [1.807, 2.05) is 20.8 Å². The Morgan fingerprint density at radius 2 is 1.93 bits per heavy atom. The van der Waals surface area contributed by atoms with Crippen molar-refractivity contribution in [1.29, 1.82) is 0 Å². The molecule has 0 saturated heterocycles. The third kappa shape index (κ3) is 3.23. The van der Waals surface area contributed by atoms with Crippen LogP contribution < -0.4 is 5.56 Å². The van der Waals surface area contributed by atoms with Gasteiger partial charge in [-0.2, -0.15) is 0 Å². The van der Waals surface area contributed by atoms with Gasteiger partial charge in [0.05, 0.1) is 7.11 Å². The zero-order chi connectivity index (χ0) is 12.0. The predicted octanol–water partition coefficient (Wildman–Crippen LogP) is 1.51. The minimum absolute atomic E-state index is 0.0741. The standard InChI is InChI=1S/C9H11NO3.C2H6/c1-6-4-7(9(12)13-3)8(11)10(2)5-6;1-2/h4-5H,1-3H3;1-2H3. The minimum Gasteiger partial charge on any atom is -0.465 e. The average Bonchev–Trinajstić information content (AvgIpc) is 2.25. The lowest BCUT2D eigenvalue weighted by atomic mass is 10.2. The van der Waals surface area contributed by atoms with E-state index in [-0.39, 0.29) is 11.1 Å². The van der Waals surface area contributed by atoms with E-state index in [2.05, 4.69) is 4.74 Å². The second-order valence-electron chi connectivity index (χ2n) is 2.84. The number of aromatic nitrogens is 1. The van der Waals surface area contributed by atoms with Gasteiger partial charge in [0.25, 0.3) is 5.56 Å². The SMILES string of the molecule is CC.COC(=O)c1cc(C)cn(C)c1=O. The van der Waals surface area contributed by atoms with E-state index < -0.39 is 5.97 Å². The summed E-state index contributed by atoms with van der Waals surface area (Å²) < 4.78 is 5.84. The Kier molecular flexibility index (Phi) is 5.37. The number of rotatable bonds is 1. The lowest BCUT2D eigenvalue weighted by Gasteiger charge is -2.03. The first-order valence-corrected chi connectivity index (χ1v) is 4.82. The van der Waals surface area contributed by atoms with Crippen LogP contribution in [0, 0.1) is 6.92 Å². The zero-order valence-electron chi connectivity index (χ0n) is 9.83. The minimum atomic E-state index is -0.593. The van der Waals surface area contributed by atoms with Crippen LogP contribution in [0.15, 0.2) is 17.1 Å². The summed E-state index contributed by atoms with van der Waals surface area (Å²) >= 11 is 0. The molecule has 0 N–H and O–H groups in total. The van der Waals surface area contributed by atoms with E-state index in [0.29, 0.717) is 0 Å². The van der Waals surface area contributed by atoms with Crippen LogP contribution in [0.1, 0.15) is 29.8 Å². The number of aryl methyl sites for hydroxylation is 2. The molecular weight excluding hydrogens is 194 g/mol. The molecule has 1 heterocycles. The predicted molar refractivity (Wildman–Crippen MR) is 59.1 cm³/mol. The maximum absolute atomic E-state index is 11.4. The van der Waals surface area contributed by atoms with E-state index in [0.717, 1.165) is 5.56 Å². The molecule has 0 amide bonds. The van der Waals surface area contributed by atoms with Crippen LogP contribution in [0.5, 0.6) is 0 Å². The van der Waals surface area contributed by atoms with Gasteiger partial charge < -0.3 is 9.30 Å². The topological polar surface area (TPSA) is 48.3 Å². The summed E-state index contributed by atoms with van der Waals surface area (Å²) in [5.74, 6) is -0.593. The monoisotopic (exact) mass is 211 g/mol. The van der Waals surface area contributed by atoms with Crippen LogP contribution >= 0.6 is 0 Å². The lowest BCUT2D eigenvalue weighted by Crippen LogP contribution is -2.24. The number of carbonyl (C=O) groups excluding carboxylic acids is 1. The first kappa shape index (κ1) is 13.4. The van der Waals surface area contributed by atoms with Crippen LogP contribution in [-0.2, 0) is 11.8 Å². The number of methoxy groups -OCH3 is 1. The number of hydrogen-bond donors (Lipinski definition) is 0. The highest BCUT2D eigenvalue weighted by molar-refractivity contribution is 5.88. The molecule has 0 radical (unpaired) electrons. The Morgan fingerprint density at radius 1 is 1.40 bits per heavy atom.